The van der Waals surface area contributed by atoms with Crippen LogP contribution in [-0.2, 0) is 16.1 Å². The summed E-state index contributed by atoms with van der Waals surface area (Å²) in [6.45, 7) is 1.72. The fourth-order valence-corrected chi connectivity index (χ4v) is 3.45. The molecular weight excluding hydrogens is 412 g/mol. The van der Waals surface area contributed by atoms with Gasteiger partial charge in [-0.15, -0.1) is 0 Å². The molecule has 0 bridgehead atoms. The number of hydrogen-bond acceptors (Lipinski definition) is 6. The number of aromatic nitrogens is 2. The van der Waals surface area contributed by atoms with E-state index in [0.717, 1.165) is 0 Å². The number of amides is 2. The normalized spacial score (nSPS) is 16.3. The molecule has 1 atom stereocenters. The van der Waals surface area contributed by atoms with Gasteiger partial charge >= 0.3 is 12.0 Å². The Morgan fingerprint density at radius 3 is 2.90 bits per heavy atom. The number of allylic oxidation sites excluding steroid dienone is 1. The van der Waals surface area contributed by atoms with Gasteiger partial charge in [0.2, 0.25) is 0 Å². The number of carbonyl (C=O) groups excluding carboxylic acids is 2. The van der Waals surface area contributed by atoms with Gasteiger partial charge < -0.3 is 19.8 Å². The van der Waals surface area contributed by atoms with Crippen molar-refractivity contribution in [2.75, 3.05) is 6.61 Å². The standard InChI is InChI=1S/C20H17ClN4O5/c1-2-29-19(27)16-14(23-20(28)24-17(16)15-4-3-7-30-15)9-25-10-22-13-6-5-11(21)8-12(13)18(25)26/h3-8,10,17H,2,9H2,1H3,(H2,23,24,28). The molecule has 0 spiro atoms. The second-order valence-electron chi connectivity index (χ2n) is 6.50. The molecule has 1 aliphatic rings. The van der Waals surface area contributed by atoms with Crippen molar-refractivity contribution in [3.63, 3.8) is 0 Å². The van der Waals surface area contributed by atoms with E-state index in [0.29, 0.717) is 21.7 Å². The molecule has 1 unspecified atom stereocenters. The average Bonchev–Trinajstić information content (AvgIpc) is 3.25. The van der Waals surface area contributed by atoms with E-state index >= 15 is 0 Å². The molecule has 0 saturated carbocycles. The summed E-state index contributed by atoms with van der Waals surface area (Å²) in [5.41, 5.74) is 0.483. The molecule has 0 saturated heterocycles. The Bertz CT molecular complexity index is 1220. The van der Waals surface area contributed by atoms with E-state index < -0.39 is 18.0 Å². The zero-order valence-electron chi connectivity index (χ0n) is 15.8. The van der Waals surface area contributed by atoms with Gasteiger partial charge in [-0.2, -0.15) is 0 Å². The van der Waals surface area contributed by atoms with Crippen molar-refractivity contribution in [1.29, 1.82) is 0 Å². The first-order chi connectivity index (χ1) is 14.5. The van der Waals surface area contributed by atoms with E-state index in [9.17, 15) is 14.4 Å². The Morgan fingerprint density at radius 2 is 2.17 bits per heavy atom. The Hall–Kier alpha value is -3.59. The van der Waals surface area contributed by atoms with Crippen molar-refractivity contribution in [1.82, 2.24) is 20.2 Å². The third kappa shape index (κ3) is 3.67. The Balaban J connectivity index is 1.83. The minimum absolute atomic E-state index is 0.104. The van der Waals surface area contributed by atoms with Crippen molar-refractivity contribution in [3.8, 4) is 0 Å². The van der Waals surface area contributed by atoms with Crippen LogP contribution in [0, 0.1) is 0 Å². The highest BCUT2D eigenvalue weighted by molar-refractivity contribution is 6.31. The zero-order valence-corrected chi connectivity index (χ0v) is 16.6. The molecule has 9 nitrogen and oxygen atoms in total. The van der Waals surface area contributed by atoms with Gasteiger partial charge in [-0.3, -0.25) is 9.36 Å². The number of esters is 1. The molecular formula is C20H17ClN4O5. The number of nitrogens with zero attached hydrogens (tertiary/aromatic N) is 2. The van der Waals surface area contributed by atoms with Crippen molar-refractivity contribution in [2.45, 2.75) is 19.5 Å². The summed E-state index contributed by atoms with van der Waals surface area (Å²) in [7, 11) is 0. The summed E-state index contributed by atoms with van der Waals surface area (Å²) < 4.78 is 11.9. The van der Waals surface area contributed by atoms with E-state index in [1.165, 1.54) is 23.2 Å². The number of carbonyl (C=O) groups is 2. The van der Waals surface area contributed by atoms with Crippen LogP contribution in [-0.4, -0.2) is 28.2 Å². The van der Waals surface area contributed by atoms with Gasteiger partial charge in [0, 0.05) is 5.02 Å². The van der Waals surface area contributed by atoms with Gasteiger partial charge in [0.1, 0.15) is 11.8 Å². The van der Waals surface area contributed by atoms with Gasteiger partial charge in [-0.1, -0.05) is 11.6 Å². The molecule has 30 heavy (non-hydrogen) atoms. The Kier molecular flexibility index (Phi) is 5.28. The number of rotatable bonds is 5. The molecule has 3 aromatic rings. The van der Waals surface area contributed by atoms with Crippen LogP contribution >= 0.6 is 11.6 Å². The molecule has 0 fully saturated rings. The van der Waals surface area contributed by atoms with E-state index in [1.54, 1.807) is 31.2 Å². The van der Waals surface area contributed by atoms with Crippen molar-refractivity contribution >= 4 is 34.5 Å². The maximum atomic E-state index is 12.9. The molecule has 1 aromatic carbocycles. The minimum atomic E-state index is -0.860. The van der Waals surface area contributed by atoms with Crippen LogP contribution in [0.25, 0.3) is 10.9 Å². The first-order valence-electron chi connectivity index (χ1n) is 9.13. The highest BCUT2D eigenvalue weighted by atomic mass is 35.5. The fraction of sp³-hybridized carbons (Fsp3) is 0.200. The van der Waals surface area contributed by atoms with Crippen molar-refractivity contribution < 1.29 is 18.7 Å². The molecule has 3 heterocycles. The van der Waals surface area contributed by atoms with Crippen LogP contribution < -0.4 is 16.2 Å². The predicted octanol–water partition coefficient (Wildman–Crippen LogP) is 2.51. The number of benzene rings is 1. The molecule has 154 valence electrons. The topological polar surface area (TPSA) is 115 Å². The summed E-state index contributed by atoms with van der Waals surface area (Å²) in [5, 5.41) is 5.99. The van der Waals surface area contributed by atoms with Gasteiger partial charge in [-0.05, 0) is 37.3 Å². The lowest BCUT2D eigenvalue weighted by molar-refractivity contribution is -0.139. The third-order valence-corrected chi connectivity index (χ3v) is 4.83. The summed E-state index contributed by atoms with van der Waals surface area (Å²) in [6.07, 6.45) is 2.79. The molecule has 1 aliphatic heterocycles. The number of halogens is 1. The lowest BCUT2D eigenvalue weighted by Crippen LogP contribution is -2.47. The Morgan fingerprint density at radius 1 is 1.33 bits per heavy atom. The van der Waals surface area contributed by atoms with Crippen LogP contribution in [0.4, 0.5) is 4.79 Å². The molecule has 10 heteroatoms. The van der Waals surface area contributed by atoms with E-state index in [4.69, 9.17) is 20.8 Å². The number of fused-ring (bicyclic) bond motifs is 1. The molecule has 2 aromatic heterocycles. The second kappa shape index (κ2) is 8.03. The summed E-state index contributed by atoms with van der Waals surface area (Å²) in [4.78, 5) is 42.2. The van der Waals surface area contributed by atoms with Gasteiger partial charge in [-0.25, -0.2) is 14.6 Å². The smallest absolute Gasteiger partial charge is 0.338 e. The third-order valence-electron chi connectivity index (χ3n) is 4.59. The molecule has 0 radical (unpaired) electrons. The second-order valence-corrected chi connectivity index (χ2v) is 6.94. The van der Waals surface area contributed by atoms with Crippen LogP contribution in [0.3, 0.4) is 0 Å². The van der Waals surface area contributed by atoms with Crippen LogP contribution in [0.5, 0.6) is 0 Å². The predicted molar refractivity (Wildman–Crippen MR) is 108 cm³/mol. The van der Waals surface area contributed by atoms with E-state index in [1.807, 2.05) is 0 Å². The van der Waals surface area contributed by atoms with Crippen LogP contribution in [0.2, 0.25) is 5.02 Å². The molecule has 2 amide bonds. The summed E-state index contributed by atoms with van der Waals surface area (Å²) in [6, 6.07) is 6.70. The first kappa shape index (κ1) is 19.7. The lowest BCUT2D eigenvalue weighted by atomic mass is 10.00. The van der Waals surface area contributed by atoms with Crippen molar-refractivity contribution in [3.05, 3.63) is 75.3 Å². The zero-order chi connectivity index (χ0) is 21.3. The first-order valence-corrected chi connectivity index (χ1v) is 9.51. The van der Waals surface area contributed by atoms with Gasteiger partial charge in [0.25, 0.3) is 5.56 Å². The SMILES string of the molecule is CCOC(=O)C1=C(Cn2cnc3ccc(Cl)cc3c2=O)NC(=O)NC1c1ccco1. The summed E-state index contributed by atoms with van der Waals surface area (Å²) in [5.74, 6) is -0.271. The molecule has 2 N–H and O–H groups in total. The van der Waals surface area contributed by atoms with Gasteiger partial charge in [0.15, 0.2) is 0 Å². The summed E-state index contributed by atoms with van der Waals surface area (Å²) >= 11 is 6.01. The number of furan rings is 1. The molecule has 0 aliphatic carbocycles. The van der Waals surface area contributed by atoms with Crippen molar-refractivity contribution in [2.24, 2.45) is 0 Å². The average molecular weight is 429 g/mol. The van der Waals surface area contributed by atoms with Gasteiger partial charge in [0.05, 0.1) is 47.9 Å². The van der Waals surface area contributed by atoms with Crippen LogP contribution in [0.1, 0.15) is 18.7 Å². The van der Waals surface area contributed by atoms with E-state index in [-0.39, 0.29) is 30.0 Å². The number of urea groups is 1. The minimum Gasteiger partial charge on any atom is -0.467 e. The van der Waals surface area contributed by atoms with E-state index in [2.05, 4.69) is 15.6 Å². The maximum Gasteiger partial charge on any atom is 0.338 e. The molecule has 4 rings (SSSR count). The maximum absolute atomic E-state index is 12.9. The number of hydrogen-bond donors (Lipinski definition) is 2. The largest absolute Gasteiger partial charge is 0.467 e. The highest BCUT2D eigenvalue weighted by Gasteiger charge is 2.35. The Labute approximate surface area is 175 Å². The van der Waals surface area contributed by atoms with Crippen LogP contribution in [0.15, 0.2) is 63.4 Å². The number of ether oxygens (including phenoxy) is 1. The number of nitrogens with one attached hydrogen (secondary N) is 2. The lowest BCUT2D eigenvalue weighted by Gasteiger charge is -2.28. The highest BCUT2D eigenvalue weighted by Crippen LogP contribution is 2.28. The fourth-order valence-electron chi connectivity index (χ4n) is 3.28. The quantitative estimate of drug-likeness (QED) is 0.603. The monoisotopic (exact) mass is 428 g/mol.